The first-order chi connectivity index (χ1) is 17.8. The fourth-order valence-corrected chi connectivity index (χ4v) is 5.25. The number of methoxy groups -OCH3 is 1. The van der Waals surface area contributed by atoms with Gasteiger partial charge in [-0.1, -0.05) is 30.3 Å². The average Bonchev–Trinajstić information content (AvgIpc) is 3.16. The highest BCUT2D eigenvalue weighted by Gasteiger charge is 2.40. The quantitative estimate of drug-likeness (QED) is 0.412. The van der Waals surface area contributed by atoms with Crippen LogP contribution < -0.4 is 14.8 Å². The van der Waals surface area contributed by atoms with Gasteiger partial charge in [0.25, 0.3) is 0 Å². The fourth-order valence-electron chi connectivity index (χ4n) is 5.25. The standard InChI is InChI=1S/C30H29F3N2O3/c1-28(2)15-20-14-23(37-5)26-22(16-29(3,4)38-26)24(20)25(35-28)19-10-6-8-17(12-19)18-9-7-11-21(13-18)34-27(36)30(31,32)33/h6-14H,15-16H2,1-5H3,(H,34,36). The van der Waals surface area contributed by atoms with Crippen LogP contribution in [0.5, 0.6) is 11.5 Å². The van der Waals surface area contributed by atoms with E-state index in [1.807, 2.05) is 49.5 Å². The van der Waals surface area contributed by atoms with Gasteiger partial charge in [0.1, 0.15) is 5.60 Å². The lowest BCUT2D eigenvalue weighted by atomic mass is 9.80. The number of amides is 1. The van der Waals surface area contributed by atoms with Gasteiger partial charge in [0.2, 0.25) is 0 Å². The van der Waals surface area contributed by atoms with Crippen LogP contribution in [0, 0.1) is 0 Å². The molecule has 0 aromatic heterocycles. The maximum absolute atomic E-state index is 12.7. The van der Waals surface area contributed by atoms with Gasteiger partial charge in [-0.15, -0.1) is 0 Å². The van der Waals surface area contributed by atoms with Crippen molar-refractivity contribution in [1.82, 2.24) is 0 Å². The number of anilines is 1. The van der Waals surface area contributed by atoms with E-state index in [4.69, 9.17) is 14.5 Å². The van der Waals surface area contributed by atoms with Gasteiger partial charge in [-0.3, -0.25) is 9.79 Å². The third kappa shape index (κ3) is 4.87. The van der Waals surface area contributed by atoms with Crippen molar-refractivity contribution in [2.45, 2.75) is 57.9 Å². The smallest absolute Gasteiger partial charge is 0.471 e. The molecule has 8 heteroatoms. The van der Waals surface area contributed by atoms with E-state index < -0.39 is 12.1 Å². The van der Waals surface area contributed by atoms with Crippen molar-refractivity contribution in [3.63, 3.8) is 0 Å². The Morgan fingerprint density at radius 2 is 1.63 bits per heavy atom. The molecule has 198 valence electrons. The molecule has 2 heterocycles. The number of aliphatic imine (C=N–C) groups is 1. The van der Waals surface area contributed by atoms with Gasteiger partial charge in [0, 0.05) is 28.8 Å². The summed E-state index contributed by atoms with van der Waals surface area (Å²) in [5.74, 6) is -0.547. The number of rotatable bonds is 4. The van der Waals surface area contributed by atoms with E-state index in [9.17, 15) is 18.0 Å². The molecule has 2 aliphatic rings. The molecule has 3 aromatic rings. The number of carbonyl (C=O) groups excluding carboxylic acids is 1. The van der Waals surface area contributed by atoms with Crippen molar-refractivity contribution in [3.05, 3.63) is 76.9 Å². The molecule has 5 rings (SSSR count). The molecule has 0 aliphatic carbocycles. The lowest BCUT2D eigenvalue weighted by molar-refractivity contribution is -0.167. The second-order valence-corrected chi connectivity index (χ2v) is 11.0. The van der Waals surface area contributed by atoms with Crippen molar-refractivity contribution < 1.29 is 27.4 Å². The second kappa shape index (κ2) is 8.89. The van der Waals surface area contributed by atoms with E-state index in [1.165, 1.54) is 12.1 Å². The van der Waals surface area contributed by atoms with Gasteiger partial charge in [-0.25, -0.2) is 0 Å². The zero-order chi connectivity index (χ0) is 27.5. The monoisotopic (exact) mass is 522 g/mol. The van der Waals surface area contributed by atoms with Crippen LogP contribution in [0.25, 0.3) is 11.1 Å². The molecule has 0 spiro atoms. The summed E-state index contributed by atoms with van der Waals surface area (Å²) in [5.41, 5.74) is 5.79. The first-order valence-electron chi connectivity index (χ1n) is 12.4. The van der Waals surface area contributed by atoms with E-state index in [-0.39, 0.29) is 16.8 Å². The number of ether oxygens (including phenoxy) is 2. The van der Waals surface area contributed by atoms with Gasteiger partial charge in [-0.05, 0) is 75.1 Å². The summed E-state index contributed by atoms with van der Waals surface area (Å²) in [6.45, 7) is 8.28. The molecule has 0 bridgehead atoms. The lowest BCUT2D eigenvalue weighted by Gasteiger charge is -2.31. The number of hydrogen-bond acceptors (Lipinski definition) is 4. The zero-order valence-corrected chi connectivity index (χ0v) is 21.9. The summed E-state index contributed by atoms with van der Waals surface area (Å²) in [6.07, 6.45) is -3.51. The number of benzene rings is 3. The second-order valence-electron chi connectivity index (χ2n) is 11.0. The van der Waals surface area contributed by atoms with Crippen molar-refractivity contribution in [3.8, 4) is 22.6 Å². The Balaban J connectivity index is 1.59. The number of nitrogens with zero attached hydrogens (tertiary/aromatic N) is 1. The van der Waals surface area contributed by atoms with E-state index in [0.29, 0.717) is 17.7 Å². The molecule has 0 radical (unpaired) electrons. The largest absolute Gasteiger partial charge is 0.493 e. The van der Waals surface area contributed by atoms with Gasteiger partial charge in [0.05, 0.1) is 18.4 Å². The highest BCUT2D eigenvalue weighted by molar-refractivity contribution is 6.16. The molecule has 2 aliphatic heterocycles. The zero-order valence-electron chi connectivity index (χ0n) is 21.9. The molecule has 3 aromatic carbocycles. The van der Waals surface area contributed by atoms with Crippen LogP contribution in [0.1, 0.15) is 49.9 Å². The number of fused-ring (bicyclic) bond motifs is 3. The highest BCUT2D eigenvalue weighted by Crippen LogP contribution is 2.48. The molecule has 1 N–H and O–H groups in total. The third-order valence-electron chi connectivity index (χ3n) is 6.75. The van der Waals surface area contributed by atoms with Crippen LogP contribution in [-0.2, 0) is 17.6 Å². The topological polar surface area (TPSA) is 59.9 Å². The van der Waals surface area contributed by atoms with Crippen molar-refractivity contribution in [1.29, 1.82) is 0 Å². The van der Waals surface area contributed by atoms with Crippen molar-refractivity contribution in [2.75, 3.05) is 12.4 Å². The summed E-state index contributed by atoms with van der Waals surface area (Å²) in [7, 11) is 1.65. The minimum Gasteiger partial charge on any atom is -0.493 e. The van der Waals surface area contributed by atoms with Crippen LogP contribution in [-0.4, -0.2) is 36.0 Å². The molecule has 1 amide bonds. The Kier molecular flexibility index (Phi) is 6.04. The van der Waals surface area contributed by atoms with E-state index >= 15 is 0 Å². The Bertz CT molecular complexity index is 1470. The van der Waals surface area contributed by atoms with E-state index in [2.05, 4.69) is 13.8 Å². The maximum atomic E-state index is 12.7. The first-order valence-corrected chi connectivity index (χ1v) is 12.4. The number of nitrogens with one attached hydrogen (secondary N) is 1. The summed E-state index contributed by atoms with van der Waals surface area (Å²) >= 11 is 0. The van der Waals surface area contributed by atoms with E-state index in [1.54, 1.807) is 19.2 Å². The number of carbonyl (C=O) groups is 1. The molecule has 0 saturated carbocycles. The Labute approximate surface area is 219 Å². The maximum Gasteiger partial charge on any atom is 0.471 e. The molecule has 5 nitrogen and oxygen atoms in total. The number of alkyl halides is 3. The molecular formula is C30H29F3N2O3. The Morgan fingerprint density at radius 1 is 0.974 bits per heavy atom. The number of hydrogen-bond donors (Lipinski definition) is 1. The predicted octanol–water partition coefficient (Wildman–Crippen LogP) is 6.75. The minimum absolute atomic E-state index is 0.0704. The van der Waals surface area contributed by atoms with Gasteiger partial charge < -0.3 is 14.8 Å². The van der Waals surface area contributed by atoms with Gasteiger partial charge in [0.15, 0.2) is 11.5 Å². The summed E-state index contributed by atoms with van der Waals surface area (Å²) in [4.78, 5) is 16.6. The fraction of sp³-hybridized carbons (Fsp3) is 0.333. The van der Waals surface area contributed by atoms with Crippen LogP contribution in [0.3, 0.4) is 0 Å². The number of halogens is 3. The summed E-state index contributed by atoms with van der Waals surface area (Å²) in [6, 6.07) is 16.2. The van der Waals surface area contributed by atoms with Crippen LogP contribution in [0.4, 0.5) is 18.9 Å². The van der Waals surface area contributed by atoms with Crippen LogP contribution in [0.2, 0.25) is 0 Å². The summed E-state index contributed by atoms with van der Waals surface area (Å²) < 4.78 is 50.2. The summed E-state index contributed by atoms with van der Waals surface area (Å²) in [5, 5.41) is 1.93. The average molecular weight is 523 g/mol. The molecular weight excluding hydrogens is 493 g/mol. The van der Waals surface area contributed by atoms with Crippen LogP contribution in [0.15, 0.2) is 59.6 Å². The van der Waals surface area contributed by atoms with Gasteiger partial charge >= 0.3 is 12.1 Å². The normalized spacial score (nSPS) is 17.1. The Hall–Kier alpha value is -3.81. The SMILES string of the molecule is COc1cc2c(c3c1OC(C)(C)C3)C(c1cccc(-c3cccc(NC(=O)C(F)(F)F)c3)c1)=NC(C)(C)C2. The van der Waals surface area contributed by atoms with Crippen LogP contribution >= 0.6 is 0 Å². The predicted molar refractivity (Wildman–Crippen MR) is 141 cm³/mol. The Morgan fingerprint density at radius 3 is 2.32 bits per heavy atom. The highest BCUT2D eigenvalue weighted by atomic mass is 19.4. The van der Waals surface area contributed by atoms with Gasteiger partial charge in [-0.2, -0.15) is 13.2 Å². The lowest BCUT2D eigenvalue weighted by Crippen LogP contribution is -2.30. The minimum atomic E-state index is -4.96. The van der Waals surface area contributed by atoms with Crippen molar-refractivity contribution in [2.24, 2.45) is 4.99 Å². The third-order valence-corrected chi connectivity index (χ3v) is 6.75. The molecule has 38 heavy (non-hydrogen) atoms. The van der Waals surface area contributed by atoms with E-state index in [0.717, 1.165) is 45.7 Å². The molecule has 0 atom stereocenters. The first kappa shape index (κ1) is 25.8. The molecule has 0 saturated heterocycles. The molecule has 0 unspecified atom stereocenters. The van der Waals surface area contributed by atoms with Crippen molar-refractivity contribution >= 4 is 17.3 Å². The molecule has 0 fully saturated rings.